The van der Waals surface area contributed by atoms with Crippen molar-refractivity contribution in [3.8, 4) is 11.5 Å². The van der Waals surface area contributed by atoms with Crippen molar-refractivity contribution in [2.24, 2.45) is 0 Å². The number of aromatic nitrogens is 1. The minimum atomic E-state index is -0.580. The monoisotopic (exact) mass is 492 g/mol. The molecule has 0 bridgehead atoms. The van der Waals surface area contributed by atoms with Crippen LogP contribution in [0.25, 0.3) is 0 Å². The Morgan fingerprint density at radius 3 is 2.53 bits per heavy atom. The molecule has 0 saturated carbocycles. The number of halogens is 2. The fourth-order valence-corrected chi connectivity index (χ4v) is 3.59. The topological polar surface area (TPSA) is 63.6 Å². The van der Waals surface area contributed by atoms with Crippen LogP contribution in [0.15, 0.2) is 71.5 Å². The van der Waals surface area contributed by atoms with Crippen molar-refractivity contribution in [3.63, 3.8) is 0 Å². The number of aliphatic hydroxyl groups excluding tert-OH is 1. The Morgan fingerprint density at radius 1 is 1.10 bits per heavy atom. The molecule has 0 saturated heterocycles. The predicted molar refractivity (Wildman–Crippen MR) is 124 cm³/mol. The fraction of sp³-hybridized carbons (Fsp3) is 0.261. The number of benzene rings is 2. The maximum atomic E-state index is 10.5. The van der Waals surface area contributed by atoms with E-state index in [0.29, 0.717) is 24.7 Å². The van der Waals surface area contributed by atoms with E-state index in [-0.39, 0.29) is 18.4 Å². The first-order chi connectivity index (χ1) is 14.1. The lowest BCUT2D eigenvalue weighted by Gasteiger charge is -2.21. The SMILES string of the molecule is COc1cc(CNC(C)C(O)c2ccccc2)cc(Br)c1OCc1cccnc1.Cl. The number of nitrogens with one attached hydrogen (secondary N) is 1. The zero-order valence-corrected chi connectivity index (χ0v) is 19.3. The Bertz CT molecular complexity index is 913. The van der Waals surface area contributed by atoms with Crippen LogP contribution in [0, 0.1) is 0 Å². The summed E-state index contributed by atoms with van der Waals surface area (Å²) in [6.45, 7) is 2.96. The van der Waals surface area contributed by atoms with Crippen molar-refractivity contribution in [2.45, 2.75) is 32.2 Å². The molecular weight excluding hydrogens is 468 g/mol. The number of hydrogen-bond donors (Lipinski definition) is 2. The van der Waals surface area contributed by atoms with Crippen molar-refractivity contribution >= 4 is 28.3 Å². The van der Waals surface area contributed by atoms with Gasteiger partial charge in [-0.15, -0.1) is 12.4 Å². The zero-order valence-electron chi connectivity index (χ0n) is 16.9. The van der Waals surface area contributed by atoms with E-state index in [9.17, 15) is 5.11 Å². The highest BCUT2D eigenvalue weighted by atomic mass is 79.9. The van der Waals surface area contributed by atoms with Crippen LogP contribution >= 0.6 is 28.3 Å². The molecule has 3 rings (SSSR count). The van der Waals surface area contributed by atoms with Crippen LogP contribution in [0.3, 0.4) is 0 Å². The van der Waals surface area contributed by atoms with Crippen LogP contribution in [-0.4, -0.2) is 23.2 Å². The van der Waals surface area contributed by atoms with Gasteiger partial charge in [0.2, 0.25) is 0 Å². The van der Waals surface area contributed by atoms with Crippen molar-refractivity contribution in [1.82, 2.24) is 10.3 Å². The van der Waals surface area contributed by atoms with E-state index in [1.54, 1.807) is 19.5 Å². The largest absolute Gasteiger partial charge is 0.493 e. The second-order valence-corrected chi connectivity index (χ2v) is 7.64. The third kappa shape index (κ3) is 6.44. The normalized spacial score (nSPS) is 12.5. The molecule has 0 aliphatic carbocycles. The quantitative estimate of drug-likeness (QED) is 0.436. The van der Waals surface area contributed by atoms with Gasteiger partial charge in [0.1, 0.15) is 6.61 Å². The Hall–Kier alpha value is -2.12. The summed E-state index contributed by atoms with van der Waals surface area (Å²) in [7, 11) is 1.62. The molecule has 7 heteroatoms. The van der Waals surface area contributed by atoms with Crippen LogP contribution < -0.4 is 14.8 Å². The van der Waals surface area contributed by atoms with Gasteiger partial charge in [0.05, 0.1) is 17.7 Å². The summed E-state index contributed by atoms with van der Waals surface area (Å²) in [6, 6.07) is 17.3. The molecule has 2 unspecified atom stereocenters. The maximum absolute atomic E-state index is 10.5. The summed E-state index contributed by atoms with van der Waals surface area (Å²) in [5.41, 5.74) is 2.90. The predicted octanol–water partition coefficient (Wildman–Crippen LogP) is 5.07. The van der Waals surface area contributed by atoms with Gasteiger partial charge in [-0.05, 0) is 52.2 Å². The molecule has 2 atom stereocenters. The molecule has 2 N–H and O–H groups in total. The fourth-order valence-electron chi connectivity index (χ4n) is 2.98. The van der Waals surface area contributed by atoms with Crippen molar-refractivity contribution < 1.29 is 14.6 Å². The Morgan fingerprint density at radius 2 is 1.87 bits per heavy atom. The van der Waals surface area contributed by atoms with E-state index in [4.69, 9.17) is 9.47 Å². The Kier molecular flexibility index (Phi) is 9.59. The van der Waals surface area contributed by atoms with Gasteiger partial charge in [-0.1, -0.05) is 36.4 Å². The van der Waals surface area contributed by atoms with Crippen molar-refractivity contribution in [2.75, 3.05) is 7.11 Å². The highest BCUT2D eigenvalue weighted by molar-refractivity contribution is 9.10. The molecule has 0 amide bonds. The van der Waals surface area contributed by atoms with Crippen molar-refractivity contribution in [1.29, 1.82) is 0 Å². The molecule has 0 radical (unpaired) electrons. The summed E-state index contributed by atoms with van der Waals surface area (Å²) in [5.74, 6) is 1.30. The Balaban J connectivity index is 0.00000320. The zero-order chi connectivity index (χ0) is 20.6. The maximum Gasteiger partial charge on any atom is 0.175 e. The van der Waals surface area contributed by atoms with Gasteiger partial charge in [0, 0.05) is 30.5 Å². The molecule has 1 heterocycles. The lowest BCUT2D eigenvalue weighted by atomic mass is 10.0. The smallest absolute Gasteiger partial charge is 0.175 e. The lowest BCUT2D eigenvalue weighted by molar-refractivity contribution is 0.135. The van der Waals surface area contributed by atoms with Gasteiger partial charge in [-0.3, -0.25) is 4.98 Å². The average Bonchev–Trinajstić information content (AvgIpc) is 2.77. The van der Waals surface area contributed by atoms with E-state index in [2.05, 4.69) is 26.2 Å². The van der Waals surface area contributed by atoms with E-state index < -0.39 is 6.10 Å². The minimum Gasteiger partial charge on any atom is -0.493 e. The third-order valence-electron chi connectivity index (χ3n) is 4.64. The summed E-state index contributed by atoms with van der Waals surface area (Å²) >= 11 is 3.59. The summed E-state index contributed by atoms with van der Waals surface area (Å²) in [4.78, 5) is 4.10. The molecule has 1 aromatic heterocycles. The number of nitrogens with zero attached hydrogens (tertiary/aromatic N) is 1. The lowest BCUT2D eigenvalue weighted by Crippen LogP contribution is -2.31. The number of methoxy groups -OCH3 is 1. The summed E-state index contributed by atoms with van der Waals surface area (Å²) in [5, 5.41) is 13.9. The van der Waals surface area contributed by atoms with Gasteiger partial charge < -0.3 is 19.9 Å². The van der Waals surface area contributed by atoms with E-state index in [1.165, 1.54) is 0 Å². The van der Waals surface area contributed by atoms with Crippen LogP contribution in [0.4, 0.5) is 0 Å². The van der Waals surface area contributed by atoms with Gasteiger partial charge in [0.25, 0.3) is 0 Å². The van der Waals surface area contributed by atoms with Crippen LogP contribution in [0.2, 0.25) is 0 Å². The number of pyridine rings is 1. The first-order valence-corrected chi connectivity index (χ1v) is 10.2. The molecule has 3 aromatic rings. The van der Waals surface area contributed by atoms with Gasteiger partial charge in [-0.25, -0.2) is 0 Å². The van der Waals surface area contributed by atoms with E-state index >= 15 is 0 Å². The third-order valence-corrected chi connectivity index (χ3v) is 5.23. The molecule has 2 aromatic carbocycles. The molecule has 160 valence electrons. The number of ether oxygens (including phenoxy) is 2. The molecular formula is C23H26BrClN2O3. The highest BCUT2D eigenvalue weighted by Crippen LogP contribution is 2.37. The van der Waals surface area contributed by atoms with Gasteiger partial charge in [0.15, 0.2) is 11.5 Å². The van der Waals surface area contributed by atoms with Crippen LogP contribution in [0.1, 0.15) is 29.7 Å². The molecule has 0 aliphatic rings. The van der Waals surface area contributed by atoms with Crippen LogP contribution in [-0.2, 0) is 13.2 Å². The highest BCUT2D eigenvalue weighted by Gasteiger charge is 2.17. The van der Waals surface area contributed by atoms with Gasteiger partial charge in [-0.2, -0.15) is 0 Å². The Labute approximate surface area is 192 Å². The molecule has 0 fully saturated rings. The number of rotatable bonds is 9. The van der Waals surface area contributed by atoms with Crippen LogP contribution in [0.5, 0.6) is 11.5 Å². The molecule has 30 heavy (non-hydrogen) atoms. The average molecular weight is 494 g/mol. The van der Waals surface area contributed by atoms with Crippen molar-refractivity contribution in [3.05, 3.63) is 88.2 Å². The second-order valence-electron chi connectivity index (χ2n) is 6.78. The first kappa shape index (κ1) is 24.2. The standard InChI is InChI=1S/C23H25BrN2O3.ClH/c1-16(22(27)19-8-4-3-5-9-19)26-14-18-11-20(24)23(21(12-18)28-2)29-15-17-7-6-10-25-13-17;/h3-13,16,22,26-27H,14-15H2,1-2H3;1H. The number of aliphatic hydroxyl groups is 1. The summed E-state index contributed by atoms with van der Waals surface area (Å²) in [6.07, 6.45) is 2.93. The minimum absolute atomic E-state index is 0. The second kappa shape index (κ2) is 11.9. The number of hydrogen-bond acceptors (Lipinski definition) is 5. The van der Waals surface area contributed by atoms with E-state index in [0.717, 1.165) is 21.2 Å². The first-order valence-electron chi connectivity index (χ1n) is 9.43. The molecule has 5 nitrogen and oxygen atoms in total. The molecule has 0 spiro atoms. The van der Waals surface area contributed by atoms with E-state index in [1.807, 2.05) is 61.5 Å². The molecule has 0 aliphatic heterocycles. The summed E-state index contributed by atoms with van der Waals surface area (Å²) < 4.78 is 12.3. The van der Waals surface area contributed by atoms with Gasteiger partial charge >= 0.3 is 0 Å².